The number of methoxy groups -OCH3 is 1. The van der Waals surface area contributed by atoms with Gasteiger partial charge in [0.2, 0.25) is 11.7 Å². The Bertz CT molecular complexity index is 1090. The van der Waals surface area contributed by atoms with E-state index in [0.29, 0.717) is 0 Å². The van der Waals surface area contributed by atoms with E-state index >= 15 is 0 Å². The second kappa shape index (κ2) is 8.58. The first-order valence-electron chi connectivity index (χ1n) is 9.64. The zero-order valence-electron chi connectivity index (χ0n) is 17.7. The summed E-state index contributed by atoms with van der Waals surface area (Å²) >= 11 is 0. The minimum Gasteiger partial charge on any atom is -0.493 e. The summed E-state index contributed by atoms with van der Waals surface area (Å²) in [5, 5.41) is 2.34. The molecule has 0 aliphatic carbocycles. The van der Waals surface area contributed by atoms with Crippen LogP contribution in [0.15, 0.2) is 30.6 Å². The highest BCUT2D eigenvalue weighted by Gasteiger charge is 2.65. The highest BCUT2D eigenvalue weighted by molar-refractivity contribution is 5.97. The maximum absolute atomic E-state index is 14.3. The number of nitrogens with two attached hydrogens (primary N) is 1. The molecule has 33 heavy (non-hydrogen) atoms. The highest BCUT2D eigenvalue weighted by Crippen LogP contribution is 2.54. The first-order chi connectivity index (χ1) is 15.3. The van der Waals surface area contributed by atoms with Crippen LogP contribution in [0.25, 0.3) is 0 Å². The van der Waals surface area contributed by atoms with Gasteiger partial charge in [-0.25, -0.2) is 4.39 Å². The molecule has 178 valence electrons. The predicted molar refractivity (Wildman–Crippen MR) is 106 cm³/mol. The van der Waals surface area contributed by atoms with Crippen LogP contribution >= 0.6 is 0 Å². The molecule has 7 nitrogen and oxygen atoms in total. The van der Waals surface area contributed by atoms with E-state index in [-0.39, 0.29) is 16.8 Å². The average molecular weight is 473 g/mol. The maximum Gasteiger partial charge on any atom is 0.417 e. The van der Waals surface area contributed by atoms with Gasteiger partial charge in [-0.3, -0.25) is 14.6 Å². The number of nitrogens with one attached hydrogen (secondary N) is 1. The number of hydrogen-bond donors (Lipinski definition) is 2. The molecule has 0 radical (unpaired) electrons. The quantitative estimate of drug-likeness (QED) is 0.647. The van der Waals surface area contributed by atoms with Crippen molar-refractivity contribution in [1.82, 2.24) is 4.98 Å². The van der Waals surface area contributed by atoms with Gasteiger partial charge in [-0.2, -0.15) is 17.6 Å². The molecule has 0 spiro atoms. The fourth-order valence-electron chi connectivity index (χ4n) is 3.90. The van der Waals surface area contributed by atoms with Crippen LogP contribution in [-0.4, -0.2) is 41.8 Å². The van der Waals surface area contributed by atoms with Gasteiger partial charge < -0.3 is 20.5 Å². The lowest BCUT2D eigenvalue weighted by atomic mass is 9.77. The smallest absolute Gasteiger partial charge is 0.417 e. The summed E-state index contributed by atoms with van der Waals surface area (Å²) in [5.41, 5.74) is 2.15. The number of carbonyl (C=O) groups is 2. The predicted octanol–water partition coefficient (Wildman–Crippen LogP) is 3.55. The summed E-state index contributed by atoms with van der Waals surface area (Å²) in [4.78, 5) is 28.1. The summed E-state index contributed by atoms with van der Waals surface area (Å²) in [6, 6.07) is 2.97. The van der Waals surface area contributed by atoms with Crippen LogP contribution in [0.1, 0.15) is 35.7 Å². The number of nitrogens with zero attached hydrogens (tertiary/aromatic N) is 1. The Morgan fingerprint density at radius 2 is 1.91 bits per heavy atom. The molecule has 3 N–H and O–H groups in total. The van der Waals surface area contributed by atoms with Gasteiger partial charge in [-0.15, -0.1) is 0 Å². The van der Waals surface area contributed by atoms with Crippen LogP contribution < -0.4 is 15.8 Å². The van der Waals surface area contributed by atoms with Crippen LogP contribution in [0.2, 0.25) is 0 Å². The molecule has 0 saturated carbocycles. The molecule has 2 heterocycles. The monoisotopic (exact) mass is 473 g/mol. The lowest BCUT2D eigenvalue weighted by molar-refractivity contribution is -0.272. The number of ether oxygens (including phenoxy) is 2. The van der Waals surface area contributed by atoms with Crippen molar-refractivity contribution in [2.75, 3.05) is 12.4 Å². The van der Waals surface area contributed by atoms with Gasteiger partial charge in [-0.1, -0.05) is 13.0 Å². The summed E-state index contributed by atoms with van der Waals surface area (Å²) in [6.45, 7) is 1.97. The third-order valence-electron chi connectivity index (χ3n) is 5.86. The molecule has 1 aliphatic heterocycles. The fraction of sp³-hybridized carbons (Fsp3) is 0.381. The highest BCUT2D eigenvalue weighted by atomic mass is 19.4. The van der Waals surface area contributed by atoms with Gasteiger partial charge in [0.1, 0.15) is 6.10 Å². The fourth-order valence-corrected chi connectivity index (χ4v) is 3.90. The first kappa shape index (κ1) is 24.4. The molecule has 12 heteroatoms. The molecular formula is C21H20F5N3O4. The Kier molecular flexibility index (Phi) is 6.33. The summed E-state index contributed by atoms with van der Waals surface area (Å²) in [5.74, 6) is -7.92. The van der Waals surface area contributed by atoms with Gasteiger partial charge in [0.25, 0.3) is 5.91 Å². The summed E-state index contributed by atoms with van der Waals surface area (Å²) in [7, 11) is 1.03. The maximum atomic E-state index is 14.3. The third kappa shape index (κ3) is 4.22. The van der Waals surface area contributed by atoms with Crippen LogP contribution in [0, 0.1) is 17.6 Å². The number of hydrogen-bond acceptors (Lipinski definition) is 5. The Hall–Kier alpha value is -3.28. The zero-order chi connectivity index (χ0) is 24.7. The number of benzene rings is 1. The molecule has 1 fully saturated rings. The van der Waals surface area contributed by atoms with E-state index < -0.39 is 58.9 Å². The zero-order valence-corrected chi connectivity index (χ0v) is 17.7. The molecule has 0 unspecified atom stereocenters. The number of primary amides is 1. The number of amides is 2. The Labute approximate surface area is 185 Å². The molecule has 0 bridgehead atoms. The first-order valence-corrected chi connectivity index (χ1v) is 9.64. The number of carbonyl (C=O) groups excluding carboxylic acids is 2. The van der Waals surface area contributed by atoms with E-state index in [2.05, 4.69) is 10.3 Å². The second-order valence-corrected chi connectivity index (χ2v) is 7.76. The van der Waals surface area contributed by atoms with Crippen molar-refractivity contribution in [2.24, 2.45) is 11.7 Å². The number of rotatable bonds is 5. The van der Waals surface area contributed by atoms with Gasteiger partial charge in [0.15, 0.2) is 17.2 Å². The van der Waals surface area contributed by atoms with Crippen molar-refractivity contribution < 1.29 is 41.0 Å². The lowest BCUT2D eigenvalue weighted by Gasteiger charge is -2.32. The molecular weight excluding hydrogens is 453 g/mol. The van der Waals surface area contributed by atoms with E-state index in [1.165, 1.54) is 13.0 Å². The van der Waals surface area contributed by atoms with E-state index in [1.807, 2.05) is 0 Å². The van der Waals surface area contributed by atoms with Crippen LogP contribution in [-0.2, 0) is 9.53 Å². The van der Waals surface area contributed by atoms with Crippen molar-refractivity contribution in [2.45, 2.75) is 37.6 Å². The number of aromatic nitrogens is 1. The second-order valence-electron chi connectivity index (χ2n) is 7.76. The summed E-state index contributed by atoms with van der Waals surface area (Å²) < 4.78 is 80.0. The van der Waals surface area contributed by atoms with Gasteiger partial charge >= 0.3 is 6.18 Å². The average Bonchev–Trinajstić information content (AvgIpc) is 3.02. The Morgan fingerprint density at radius 3 is 2.48 bits per heavy atom. The van der Waals surface area contributed by atoms with E-state index in [9.17, 15) is 31.5 Å². The number of anilines is 1. The molecule has 1 aromatic heterocycles. The SMILES string of the molecule is COc1c([C@@H]2[C@@H](C)[C@@](C)(C(F)(F)F)O[C@H]2C(=O)Nc2cncc(C(N)=O)c2)ccc(F)c1F. The van der Waals surface area contributed by atoms with E-state index in [1.54, 1.807) is 0 Å². The van der Waals surface area contributed by atoms with Crippen LogP contribution in [0.5, 0.6) is 5.75 Å². The van der Waals surface area contributed by atoms with Crippen molar-refractivity contribution in [3.05, 3.63) is 53.4 Å². The molecule has 2 amide bonds. The summed E-state index contributed by atoms with van der Waals surface area (Å²) in [6.07, 6.45) is -4.37. The minimum atomic E-state index is -4.89. The van der Waals surface area contributed by atoms with Crippen molar-refractivity contribution >= 4 is 17.5 Å². The lowest BCUT2D eigenvalue weighted by Crippen LogP contribution is -2.47. The number of pyridine rings is 1. The molecule has 3 rings (SSSR count). The van der Waals surface area contributed by atoms with Crippen LogP contribution in [0.4, 0.5) is 27.6 Å². The number of halogens is 5. The standard InChI is InChI=1S/C21H20F5N3O4/c1-9-14(12-4-5-13(22)15(23)16(12)32-3)17(33-20(9,2)21(24,25)26)19(31)29-11-6-10(18(27)30)7-28-8-11/h4-9,14,17H,1-3H3,(H2,27,30)(H,29,31)/t9-,14+,17-,20+/m1/s1. The van der Waals surface area contributed by atoms with E-state index in [4.69, 9.17) is 15.2 Å². The topological polar surface area (TPSA) is 104 Å². The Balaban J connectivity index is 2.07. The van der Waals surface area contributed by atoms with Crippen LogP contribution in [0.3, 0.4) is 0 Å². The van der Waals surface area contributed by atoms with E-state index in [0.717, 1.165) is 38.6 Å². The van der Waals surface area contributed by atoms with Gasteiger partial charge in [-0.05, 0) is 19.1 Å². The van der Waals surface area contributed by atoms with Gasteiger partial charge in [0, 0.05) is 23.6 Å². The molecule has 2 aromatic rings. The van der Waals surface area contributed by atoms with Crippen molar-refractivity contribution in [1.29, 1.82) is 0 Å². The van der Waals surface area contributed by atoms with Crippen molar-refractivity contribution in [3.63, 3.8) is 0 Å². The molecule has 1 aromatic carbocycles. The van der Waals surface area contributed by atoms with Gasteiger partial charge in [0.05, 0.1) is 24.6 Å². The number of alkyl halides is 3. The molecule has 4 atom stereocenters. The third-order valence-corrected chi connectivity index (χ3v) is 5.86. The molecule has 1 saturated heterocycles. The van der Waals surface area contributed by atoms with Crippen molar-refractivity contribution in [3.8, 4) is 5.75 Å². The largest absolute Gasteiger partial charge is 0.493 e. The normalized spacial score (nSPS) is 25.0. The Morgan fingerprint density at radius 1 is 1.24 bits per heavy atom. The minimum absolute atomic E-state index is 0.0239. The molecule has 1 aliphatic rings.